The van der Waals surface area contributed by atoms with Gasteiger partial charge in [-0.3, -0.25) is 9.48 Å². The van der Waals surface area contributed by atoms with Crippen molar-refractivity contribution in [2.75, 3.05) is 18.4 Å². The van der Waals surface area contributed by atoms with Crippen molar-refractivity contribution in [2.24, 2.45) is 11.3 Å². The summed E-state index contributed by atoms with van der Waals surface area (Å²) in [6.45, 7) is 5.94. The fraction of sp³-hybridized carbons (Fsp3) is 0.667. The molecule has 9 heteroatoms. The number of anilines is 1. The molecular weight excluding hydrogens is 322 g/mol. The number of nitrogens with one attached hydrogen (secondary N) is 1. The number of aliphatic carboxylic acids is 1. The Morgan fingerprint density at radius 2 is 2.12 bits per heavy atom. The van der Waals surface area contributed by atoms with Crippen molar-refractivity contribution in [3.63, 3.8) is 0 Å². The zero-order valence-electron chi connectivity index (χ0n) is 13.9. The van der Waals surface area contributed by atoms with Crippen LogP contribution in [-0.2, 0) is 11.3 Å². The topological polar surface area (TPSA) is 87.5 Å². The first-order valence-corrected chi connectivity index (χ1v) is 7.77. The average Bonchev–Trinajstić information content (AvgIpc) is 3.03. The fourth-order valence-electron chi connectivity index (χ4n) is 2.72. The Morgan fingerprint density at radius 3 is 2.62 bits per heavy atom. The van der Waals surface area contributed by atoms with Gasteiger partial charge in [0.1, 0.15) is 5.69 Å². The van der Waals surface area contributed by atoms with Gasteiger partial charge in [0.25, 0.3) is 6.43 Å². The molecule has 0 aromatic carbocycles. The van der Waals surface area contributed by atoms with E-state index in [-0.39, 0.29) is 30.4 Å². The summed E-state index contributed by atoms with van der Waals surface area (Å²) in [5.74, 6) is -0.850. The number of urea groups is 1. The molecule has 1 unspecified atom stereocenters. The average molecular weight is 344 g/mol. The smallest absolute Gasteiger partial charge is 0.321 e. The number of carbonyl (C=O) groups excluding carboxylic acids is 1. The molecule has 0 saturated carbocycles. The summed E-state index contributed by atoms with van der Waals surface area (Å²) >= 11 is 0. The highest BCUT2D eigenvalue weighted by Gasteiger charge is 2.42. The van der Waals surface area contributed by atoms with Crippen molar-refractivity contribution in [3.8, 4) is 0 Å². The molecule has 1 aliphatic rings. The lowest BCUT2D eigenvalue weighted by atomic mass is 9.90. The second-order valence-corrected chi connectivity index (χ2v) is 6.79. The number of nitrogens with zero attached hydrogens (tertiary/aromatic N) is 3. The maximum Gasteiger partial charge on any atom is 0.321 e. The summed E-state index contributed by atoms with van der Waals surface area (Å²) in [5.41, 5.74) is -1.39. The van der Waals surface area contributed by atoms with Crippen LogP contribution in [0, 0.1) is 11.3 Å². The number of hydrogen-bond donors (Lipinski definition) is 2. The monoisotopic (exact) mass is 344 g/mol. The minimum atomic E-state index is -2.77. The predicted molar refractivity (Wildman–Crippen MR) is 83.0 cm³/mol. The second-order valence-electron chi connectivity index (χ2n) is 6.79. The molecule has 1 aromatic rings. The predicted octanol–water partition coefficient (Wildman–Crippen LogP) is 2.81. The number of halogens is 2. The summed E-state index contributed by atoms with van der Waals surface area (Å²) < 4.78 is 27.8. The summed E-state index contributed by atoms with van der Waals surface area (Å²) in [7, 11) is 0. The highest BCUT2D eigenvalue weighted by atomic mass is 19.3. The third kappa shape index (κ3) is 3.65. The van der Waals surface area contributed by atoms with Crippen LogP contribution in [0.3, 0.4) is 0 Å². The SMILES string of the molecule is CC(C)Cn1ncc(NC(=O)N2CCC(C)(C(=O)O)C2)c1C(F)F. The first-order chi connectivity index (χ1) is 11.1. The molecule has 7 nitrogen and oxygen atoms in total. The van der Waals surface area contributed by atoms with Crippen LogP contribution in [-0.4, -0.2) is 44.9 Å². The zero-order valence-corrected chi connectivity index (χ0v) is 13.9. The van der Waals surface area contributed by atoms with Crippen LogP contribution in [0.2, 0.25) is 0 Å². The van der Waals surface area contributed by atoms with Crippen LogP contribution >= 0.6 is 0 Å². The largest absolute Gasteiger partial charge is 0.481 e. The van der Waals surface area contributed by atoms with Gasteiger partial charge in [0.15, 0.2) is 0 Å². The first-order valence-electron chi connectivity index (χ1n) is 7.77. The van der Waals surface area contributed by atoms with Crippen molar-refractivity contribution >= 4 is 17.7 Å². The summed E-state index contributed by atoms with van der Waals surface area (Å²) in [6.07, 6.45) is -1.25. The molecule has 2 rings (SSSR count). The van der Waals surface area contributed by atoms with Crippen molar-refractivity contribution in [1.82, 2.24) is 14.7 Å². The van der Waals surface area contributed by atoms with Gasteiger partial charge in [-0.2, -0.15) is 5.10 Å². The molecule has 24 heavy (non-hydrogen) atoms. The van der Waals surface area contributed by atoms with Gasteiger partial charge in [-0.15, -0.1) is 0 Å². The van der Waals surface area contributed by atoms with Gasteiger partial charge in [-0.05, 0) is 19.3 Å². The molecule has 2 N–H and O–H groups in total. The van der Waals surface area contributed by atoms with Gasteiger partial charge >= 0.3 is 12.0 Å². The number of carbonyl (C=O) groups is 2. The lowest BCUT2D eigenvalue weighted by Gasteiger charge is -2.20. The Kier molecular flexibility index (Phi) is 5.10. The third-order valence-corrected chi connectivity index (χ3v) is 4.14. The molecule has 134 valence electrons. The Hall–Kier alpha value is -2.19. The zero-order chi connectivity index (χ0) is 18.1. The number of carboxylic acids is 1. The second kappa shape index (κ2) is 6.74. The van der Waals surface area contributed by atoms with Crippen LogP contribution in [0.5, 0.6) is 0 Å². The number of aromatic nitrogens is 2. The van der Waals surface area contributed by atoms with Crippen molar-refractivity contribution in [3.05, 3.63) is 11.9 Å². The molecule has 2 amide bonds. The Labute approximate surface area is 138 Å². The van der Waals surface area contributed by atoms with E-state index in [1.165, 1.54) is 15.8 Å². The molecule has 0 spiro atoms. The standard InChI is InChI=1S/C15H22F2N4O3/c1-9(2)7-21-11(12(16)17)10(6-18-21)19-14(24)20-5-4-15(3,8-20)13(22)23/h6,9,12H,4-5,7-8H2,1-3H3,(H,19,24)(H,22,23). The fourth-order valence-corrected chi connectivity index (χ4v) is 2.72. The quantitative estimate of drug-likeness (QED) is 0.860. The molecule has 0 aliphatic carbocycles. The van der Waals surface area contributed by atoms with E-state index in [2.05, 4.69) is 10.4 Å². The highest BCUT2D eigenvalue weighted by molar-refractivity contribution is 5.91. The van der Waals surface area contributed by atoms with E-state index in [1.54, 1.807) is 6.92 Å². The molecule has 0 radical (unpaired) electrons. The van der Waals surface area contributed by atoms with E-state index in [0.717, 1.165) is 0 Å². The Morgan fingerprint density at radius 1 is 1.46 bits per heavy atom. The summed E-state index contributed by atoms with van der Waals surface area (Å²) in [6, 6.07) is -0.592. The number of alkyl halides is 2. The van der Waals surface area contributed by atoms with E-state index in [1.807, 2.05) is 13.8 Å². The lowest BCUT2D eigenvalue weighted by Crippen LogP contribution is -2.37. The third-order valence-electron chi connectivity index (χ3n) is 4.14. The van der Waals surface area contributed by atoms with E-state index in [0.29, 0.717) is 13.0 Å². The van der Waals surface area contributed by atoms with Crippen LogP contribution < -0.4 is 5.32 Å². The molecule has 2 heterocycles. The maximum absolute atomic E-state index is 13.3. The molecule has 1 aromatic heterocycles. The van der Waals surface area contributed by atoms with Crippen molar-refractivity contribution in [1.29, 1.82) is 0 Å². The van der Waals surface area contributed by atoms with E-state index in [4.69, 9.17) is 0 Å². The van der Waals surface area contributed by atoms with Crippen LogP contribution in [0.25, 0.3) is 0 Å². The van der Waals surface area contributed by atoms with Gasteiger partial charge in [-0.1, -0.05) is 13.8 Å². The van der Waals surface area contributed by atoms with E-state index in [9.17, 15) is 23.5 Å². The number of likely N-dealkylation sites (tertiary alicyclic amines) is 1. The highest BCUT2D eigenvalue weighted by Crippen LogP contribution is 2.32. The number of rotatable bonds is 5. The van der Waals surface area contributed by atoms with Gasteiger partial charge in [0.05, 0.1) is 17.3 Å². The van der Waals surface area contributed by atoms with Gasteiger partial charge in [0.2, 0.25) is 0 Å². The molecule has 0 bridgehead atoms. The minimum Gasteiger partial charge on any atom is -0.481 e. The van der Waals surface area contributed by atoms with Crippen LogP contribution in [0.1, 0.15) is 39.3 Å². The molecule has 1 atom stereocenters. The Balaban J connectivity index is 2.12. The van der Waals surface area contributed by atoms with E-state index >= 15 is 0 Å². The number of hydrogen-bond acceptors (Lipinski definition) is 3. The van der Waals surface area contributed by atoms with Crippen LogP contribution in [0.15, 0.2) is 6.20 Å². The summed E-state index contributed by atoms with van der Waals surface area (Å²) in [5, 5.41) is 15.6. The molecular formula is C15H22F2N4O3. The summed E-state index contributed by atoms with van der Waals surface area (Å²) in [4.78, 5) is 24.8. The number of carboxylic acid groups (broad SMARTS) is 1. The maximum atomic E-state index is 13.3. The van der Waals surface area contributed by atoms with Gasteiger partial charge in [0, 0.05) is 19.6 Å². The normalized spacial score (nSPS) is 20.9. The van der Waals surface area contributed by atoms with Gasteiger partial charge < -0.3 is 15.3 Å². The van der Waals surface area contributed by atoms with Crippen molar-refractivity contribution < 1.29 is 23.5 Å². The van der Waals surface area contributed by atoms with E-state index < -0.39 is 23.8 Å². The number of amides is 2. The lowest BCUT2D eigenvalue weighted by molar-refractivity contribution is -0.146. The Bertz CT molecular complexity index is 632. The molecule has 1 aliphatic heterocycles. The molecule has 1 saturated heterocycles. The van der Waals surface area contributed by atoms with Crippen molar-refractivity contribution in [2.45, 2.75) is 40.2 Å². The minimum absolute atomic E-state index is 0.0400. The van der Waals surface area contributed by atoms with Crippen LogP contribution in [0.4, 0.5) is 19.3 Å². The van der Waals surface area contributed by atoms with Gasteiger partial charge in [-0.25, -0.2) is 13.6 Å². The molecule has 1 fully saturated rings. The first kappa shape index (κ1) is 18.2.